The van der Waals surface area contributed by atoms with Gasteiger partial charge in [0.2, 0.25) is 5.95 Å². The number of ether oxygens (including phenoxy) is 1. The number of fused-ring (bicyclic) bond motifs is 1. The molecular weight excluding hydrogens is 328 g/mol. The second-order valence-electron chi connectivity index (χ2n) is 7.60. The van der Waals surface area contributed by atoms with Crippen molar-refractivity contribution in [1.29, 1.82) is 0 Å². The molecular formula is C20H24N4O2. The SMILES string of the molecule is O=c1cc(N2CCOCC2)nc(N2C[C@@H]3C[C@@H]3[C@@H]2Cc2ccccc2)[nH]1. The highest BCUT2D eigenvalue weighted by molar-refractivity contribution is 5.47. The number of morpholine rings is 1. The standard InChI is InChI=1S/C20H24N4O2/c25-19-12-18(23-6-8-26-9-7-23)21-20(22-19)24-13-15-11-16(15)17(24)10-14-4-2-1-3-5-14/h1-5,12,15-17H,6-11,13H2,(H,21,22,25)/t15-,16-,17-/m0/s1. The Morgan fingerprint density at radius 2 is 2.00 bits per heavy atom. The first-order valence-electron chi connectivity index (χ1n) is 9.52. The molecule has 0 spiro atoms. The number of H-pyrrole nitrogens is 1. The van der Waals surface area contributed by atoms with E-state index in [1.54, 1.807) is 6.07 Å². The molecule has 2 aromatic rings. The summed E-state index contributed by atoms with van der Waals surface area (Å²) < 4.78 is 5.42. The predicted octanol–water partition coefficient (Wildman–Crippen LogP) is 1.67. The first kappa shape index (κ1) is 15.9. The lowest BCUT2D eigenvalue weighted by Gasteiger charge is -2.31. The fraction of sp³-hybridized carbons (Fsp3) is 0.500. The van der Waals surface area contributed by atoms with Gasteiger partial charge in [-0.1, -0.05) is 30.3 Å². The third kappa shape index (κ3) is 2.98. The lowest BCUT2D eigenvalue weighted by atomic mass is 10.0. The van der Waals surface area contributed by atoms with Gasteiger partial charge >= 0.3 is 0 Å². The third-order valence-electron chi connectivity index (χ3n) is 5.91. The Morgan fingerprint density at radius 1 is 1.19 bits per heavy atom. The molecule has 26 heavy (non-hydrogen) atoms. The molecule has 1 aliphatic carbocycles. The number of hydrogen-bond donors (Lipinski definition) is 1. The predicted molar refractivity (Wildman–Crippen MR) is 101 cm³/mol. The molecule has 3 aliphatic rings. The molecule has 2 aliphatic heterocycles. The molecule has 0 amide bonds. The van der Waals surface area contributed by atoms with Gasteiger partial charge in [0.25, 0.3) is 5.56 Å². The molecule has 1 saturated carbocycles. The van der Waals surface area contributed by atoms with Gasteiger partial charge in [-0.25, -0.2) is 0 Å². The summed E-state index contributed by atoms with van der Waals surface area (Å²) in [7, 11) is 0. The minimum atomic E-state index is -0.0736. The lowest BCUT2D eigenvalue weighted by Crippen LogP contribution is -2.40. The van der Waals surface area contributed by atoms with E-state index in [2.05, 4.69) is 45.1 Å². The van der Waals surface area contributed by atoms with Crippen molar-refractivity contribution in [2.45, 2.75) is 18.9 Å². The molecule has 3 heterocycles. The monoisotopic (exact) mass is 352 g/mol. The van der Waals surface area contributed by atoms with E-state index in [4.69, 9.17) is 9.72 Å². The van der Waals surface area contributed by atoms with Crippen molar-refractivity contribution in [3.8, 4) is 0 Å². The molecule has 1 N–H and O–H groups in total. The van der Waals surface area contributed by atoms with Crippen LogP contribution in [-0.2, 0) is 11.2 Å². The Hall–Kier alpha value is -2.34. The number of aromatic nitrogens is 2. The number of rotatable bonds is 4. The van der Waals surface area contributed by atoms with Gasteiger partial charge in [-0.2, -0.15) is 4.98 Å². The maximum Gasteiger partial charge on any atom is 0.254 e. The second kappa shape index (κ2) is 6.43. The minimum Gasteiger partial charge on any atom is -0.378 e. The van der Waals surface area contributed by atoms with Crippen LogP contribution in [0.3, 0.4) is 0 Å². The summed E-state index contributed by atoms with van der Waals surface area (Å²) >= 11 is 0. The van der Waals surface area contributed by atoms with Gasteiger partial charge in [0.1, 0.15) is 5.82 Å². The first-order chi connectivity index (χ1) is 12.8. The highest BCUT2D eigenvalue weighted by Crippen LogP contribution is 2.51. The van der Waals surface area contributed by atoms with Gasteiger partial charge in [0.05, 0.1) is 13.2 Å². The normalized spacial score (nSPS) is 27.5. The Bertz CT molecular complexity index is 831. The molecule has 3 atom stereocenters. The molecule has 0 radical (unpaired) electrons. The molecule has 0 unspecified atom stereocenters. The third-order valence-corrected chi connectivity index (χ3v) is 5.91. The van der Waals surface area contributed by atoms with Crippen molar-refractivity contribution in [3.63, 3.8) is 0 Å². The Balaban J connectivity index is 1.43. The average Bonchev–Trinajstić information content (AvgIpc) is 3.37. The number of nitrogens with zero attached hydrogens (tertiary/aromatic N) is 3. The Labute approximate surface area is 152 Å². The van der Waals surface area contributed by atoms with E-state index in [1.807, 2.05) is 0 Å². The van der Waals surface area contributed by atoms with E-state index in [0.29, 0.717) is 19.3 Å². The average molecular weight is 352 g/mol. The smallest absolute Gasteiger partial charge is 0.254 e. The van der Waals surface area contributed by atoms with Crippen molar-refractivity contribution in [2.24, 2.45) is 11.8 Å². The number of hydrogen-bond acceptors (Lipinski definition) is 5. The van der Waals surface area contributed by atoms with Gasteiger partial charge in [0.15, 0.2) is 0 Å². The van der Waals surface area contributed by atoms with E-state index < -0.39 is 0 Å². The van der Waals surface area contributed by atoms with Gasteiger partial charge in [-0.15, -0.1) is 0 Å². The van der Waals surface area contributed by atoms with Crippen LogP contribution in [0.1, 0.15) is 12.0 Å². The first-order valence-corrected chi connectivity index (χ1v) is 9.52. The van der Waals surface area contributed by atoms with Gasteiger partial charge in [0, 0.05) is 31.7 Å². The molecule has 136 valence electrons. The lowest BCUT2D eigenvalue weighted by molar-refractivity contribution is 0.122. The van der Waals surface area contributed by atoms with Gasteiger partial charge in [-0.05, 0) is 30.2 Å². The van der Waals surface area contributed by atoms with E-state index in [1.165, 1.54) is 12.0 Å². The largest absolute Gasteiger partial charge is 0.378 e. The number of aromatic amines is 1. The highest BCUT2D eigenvalue weighted by atomic mass is 16.5. The highest BCUT2D eigenvalue weighted by Gasteiger charge is 2.52. The maximum absolute atomic E-state index is 12.3. The van der Waals surface area contributed by atoms with Crippen molar-refractivity contribution in [3.05, 3.63) is 52.3 Å². The van der Waals surface area contributed by atoms with Crippen LogP contribution in [0.5, 0.6) is 0 Å². The number of anilines is 2. The second-order valence-corrected chi connectivity index (χ2v) is 7.60. The van der Waals surface area contributed by atoms with Crippen LogP contribution in [0.2, 0.25) is 0 Å². The van der Waals surface area contributed by atoms with Crippen molar-refractivity contribution in [1.82, 2.24) is 9.97 Å². The van der Waals surface area contributed by atoms with Gasteiger partial charge < -0.3 is 14.5 Å². The van der Waals surface area contributed by atoms with Crippen LogP contribution in [0, 0.1) is 11.8 Å². The molecule has 3 fully saturated rings. The van der Waals surface area contributed by atoms with Crippen molar-refractivity contribution >= 4 is 11.8 Å². The maximum atomic E-state index is 12.3. The van der Waals surface area contributed by atoms with Crippen LogP contribution in [0.25, 0.3) is 0 Å². The van der Waals surface area contributed by atoms with Crippen molar-refractivity contribution < 1.29 is 4.74 Å². The fourth-order valence-electron chi connectivity index (χ4n) is 4.45. The van der Waals surface area contributed by atoms with E-state index in [9.17, 15) is 4.79 Å². The van der Waals surface area contributed by atoms with E-state index in [0.717, 1.165) is 49.7 Å². The Kier molecular flexibility index (Phi) is 3.93. The zero-order valence-corrected chi connectivity index (χ0v) is 14.8. The molecule has 6 heteroatoms. The van der Waals surface area contributed by atoms with Crippen LogP contribution in [0.4, 0.5) is 11.8 Å². The summed E-state index contributed by atoms with van der Waals surface area (Å²) in [6.07, 6.45) is 2.31. The summed E-state index contributed by atoms with van der Waals surface area (Å²) in [5.41, 5.74) is 1.28. The van der Waals surface area contributed by atoms with E-state index >= 15 is 0 Å². The zero-order chi connectivity index (χ0) is 17.5. The van der Waals surface area contributed by atoms with Crippen LogP contribution in [0.15, 0.2) is 41.2 Å². The van der Waals surface area contributed by atoms with Crippen LogP contribution < -0.4 is 15.4 Å². The van der Waals surface area contributed by atoms with E-state index in [-0.39, 0.29) is 5.56 Å². The molecule has 1 aromatic carbocycles. The molecule has 2 saturated heterocycles. The topological polar surface area (TPSA) is 61.5 Å². The summed E-state index contributed by atoms with van der Waals surface area (Å²) in [6.45, 7) is 3.95. The fourth-order valence-corrected chi connectivity index (χ4v) is 4.45. The summed E-state index contributed by atoms with van der Waals surface area (Å²) in [5, 5.41) is 0. The molecule has 1 aromatic heterocycles. The van der Waals surface area contributed by atoms with Crippen LogP contribution in [-0.4, -0.2) is 48.9 Å². The molecule has 5 rings (SSSR count). The molecule has 0 bridgehead atoms. The quantitative estimate of drug-likeness (QED) is 0.907. The molecule has 6 nitrogen and oxygen atoms in total. The number of benzene rings is 1. The summed E-state index contributed by atoms with van der Waals surface area (Å²) in [4.78, 5) is 24.6. The van der Waals surface area contributed by atoms with Crippen molar-refractivity contribution in [2.75, 3.05) is 42.6 Å². The van der Waals surface area contributed by atoms with Crippen LogP contribution >= 0.6 is 0 Å². The zero-order valence-electron chi connectivity index (χ0n) is 14.8. The minimum absolute atomic E-state index is 0.0736. The van der Waals surface area contributed by atoms with Gasteiger partial charge in [-0.3, -0.25) is 9.78 Å². The number of nitrogens with one attached hydrogen (secondary N) is 1. The number of piperidine rings is 1. The summed E-state index contributed by atoms with van der Waals surface area (Å²) in [6, 6.07) is 12.7. The summed E-state index contributed by atoms with van der Waals surface area (Å²) in [5.74, 6) is 2.98. The Morgan fingerprint density at radius 3 is 2.81 bits per heavy atom.